The summed E-state index contributed by atoms with van der Waals surface area (Å²) in [4.78, 5) is 23.5. The van der Waals surface area contributed by atoms with Crippen LogP contribution in [0.25, 0.3) is 0 Å². The van der Waals surface area contributed by atoms with Crippen LogP contribution in [-0.2, 0) is 17.6 Å². The van der Waals surface area contributed by atoms with Gasteiger partial charge < -0.3 is 10.4 Å². The van der Waals surface area contributed by atoms with Crippen LogP contribution in [-0.4, -0.2) is 17.0 Å². The highest BCUT2D eigenvalue weighted by atomic mass is 32.1. The van der Waals surface area contributed by atoms with Gasteiger partial charge in [-0.1, -0.05) is 6.92 Å². The van der Waals surface area contributed by atoms with Crippen LogP contribution in [0.4, 0.5) is 5.00 Å². The second kappa shape index (κ2) is 4.49. The van der Waals surface area contributed by atoms with Gasteiger partial charge in [-0.3, -0.25) is 4.79 Å². The van der Waals surface area contributed by atoms with Gasteiger partial charge >= 0.3 is 5.97 Å². The molecule has 0 radical (unpaired) electrons. The predicted octanol–water partition coefficient (Wildman–Crippen LogP) is 2.53. The molecule has 1 aromatic heterocycles. The number of amides is 1. The van der Waals surface area contributed by atoms with Crippen LogP contribution in [0.3, 0.4) is 0 Å². The number of carbonyl (C=O) groups excluding carboxylic acids is 1. The summed E-state index contributed by atoms with van der Waals surface area (Å²) < 4.78 is 0. The van der Waals surface area contributed by atoms with Crippen LogP contribution in [0.1, 0.15) is 41.1 Å². The Balaban J connectivity index is 2.46. The molecule has 1 unspecified atom stereocenters. The molecule has 5 heteroatoms. The summed E-state index contributed by atoms with van der Waals surface area (Å²) in [6.07, 6.45) is 2.73. The highest BCUT2D eigenvalue weighted by Crippen LogP contribution is 2.39. The van der Waals surface area contributed by atoms with Crippen molar-refractivity contribution in [3.05, 3.63) is 16.0 Å². The Kier molecular flexibility index (Phi) is 3.19. The van der Waals surface area contributed by atoms with E-state index in [2.05, 4.69) is 12.2 Å². The van der Waals surface area contributed by atoms with Crippen molar-refractivity contribution in [2.45, 2.75) is 33.1 Å². The molecule has 0 spiro atoms. The fourth-order valence-electron chi connectivity index (χ4n) is 2.22. The van der Waals surface area contributed by atoms with Crippen molar-refractivity contribution in [3.8, 4) is 0 Å². The first-order valence-electron chi connectivity index (χ1n) is 5.64. The predicted molar refractivity (Wildman–Crippen MR) is 66.8 cm³/mol. The van der Waals surface area contributed by atoms with Gasteiger partial charge in [0.25, 0.3) is 0 Å². The Morgan fingerprint density at radius 2 is 2.18 bits per heavy atom. The molecule has 1 aromatic rings. The van der Waals surface area contributed by atoms with Gasteiger partial charge in [-0.05, 0) is 30.7 Å². The Labute approximate surface area is 104 Å². The second-order valence-corrected chi connectivity index (χ2v) is 5.65. The number of thiophene rings is 1. The Hall–Kier alpha value is -1.36. The third-order valence-corrected chi connectivity index (χ3v) is 4.18. The van der Waals surface area contributed by atoms with E-state index in [0.717, 1.165) is 29.7 Å². The minimum Gasteiger partial charge on any atom is -0.478 e. The van der Waals surface area contributed by atoms with Crippen molar-refractivity contribution in [3.63, 3.8) is 0 Å². The molecule has 1 amide bonds. The van der Waals surface area contributed by atoms with E-state index in [1.165, 1.54) is 18.3 Å². The van der Waals surface area contributed by atoms with Crippen LogP contribution in [0.15, 0.2) is 0 Å². The molecule has 0 aliphatic heterocycles. The maximum atomic E-state index is 11.3. The average molecular weight is 253 g/mol. The lowest BCUT2D eigenvalue weighted by molar-refractivity contribution is -0.114. The van der Waals surface area contributed by atoms with E-state index in [4.69, 9.17) is 0 Å². The van der Waals surface area contributed by atoms with E-state index in [-0.39, 0.29) is 5.91 Å². The van der Waals surface area contributed by atoms with Crippen molar-refractivity contribution in [1.82, 2.24) is 0 Å². The highest BCUT2D eigenvalue weighted by Gasteiger charge is 2.27. The lowest BCUT2D eigenvalue weighted by Crippen LogP contribution is -2.13. The molecular formula is C12H15NO3S. The SMILES string of the molecule is CC(=O)Nc1sc2c(c1C(=O)O)CCC(C)C2. The number of aromatic carboxylic acids is 1. The molecule has 1 atom stereocenters. The lowest BCUT2D eigenvalue weighted by atomic mass is 9.88. The molecule has 0 aromatic carbocycles. The van der Waals surface area contributed by atoms with Crippen LogP contribution >= 0.6 is 11.3 Å². The molecule has 0 saturated carbocycles. The van der Waals surface area contributed by atoms with E-state index in [9.17, 15) is 14.7 Å². The number of nitrogens with one attached hydrogen (secondary N) is 1. The average Bonchev–Trinajstić information content (AvgIpc) is 2.53. The smallest absolute Gasteiger partial charge is 0.339 e. The fraction of sp³-hybridized carbons (Fsp3) is 0.500. The quantitative estimate of drug-likeness (QED) is 0.851. The second-order valence-electron chi connectivity index (χ2n) is 4.54. The Morgan fingerprint density at radius 3 is 2.76 bits per heavy atom. The van der Waals surface area contributed by atoms with Gasteiger partial charge in [0.15, 0.2) is 0 Å². The summed E-state index contributed by atoms with van der Waals surface area (Å²) in [6.45, 7) is 3.56. The summed E-state index contributed by atoms with van der Waals surface area (Å²) in [5.41, 5.74) is 1.22. The molecule has 17 heavy (non-hydrogen) atoms. The van der Waals surface area contributed by atoms with Gasteiger partial charge in [-0.25, -0.2) is 4.79 Å². The molecule has 1 aliphatic rings. The molecule has 2 rings (SSSR count). The summed E-state index contributed by atoms with van der Waals surface area (Å²) in [6, 6.07) is 0. The number of rotatable bonds is 2. The fourth-order valence-corrected chi connectivity index (χ4v) is 3.67. The molecule has 4 nitrogen and oxygen atoms in total. The van der Waals surface area contributed by atoms with Gasteiger partial charge in [0.2, 0.25) is 5.91 Å². The molecular weight excluding hydrogens is 238 g/mol. The topological polar surface area (TPSA) is 66.4 Å². The Bertz CT molecular complexity index is 478. The molecule has 1 heterocycles. The number of carbonyl (C=O) groups is 2. The maximum absolute atomic E-state index is 11.3. The zero-order chi connectivity index (χ0) is 12.6. The molecule has 0 saturated heterocycles. The first-order valence-corrected chi connectivity index (χ1v) is 6.46. The number of anilines is 1. The van der Waals surface area contributed by atoms with Gasteiger partial charge in [-0.15, -0.1) is 11.3 Å². The van der Waals surface area contributed by atoms with Gasteiger partial charge in [0, 0.05) is 11.8 Å². The largest absolute Gasteiger partial charge is 0.478 e. The standard InChI is InChI=1S/C12H15NO3S/c1-6-3-4-8-9(5-6)17-11(13-7(2)14)10(8)12(15)16/h6H,3-5H2,1-2H3,(H,13,14)(H,15,16). The number of carboxylic acids is 1. The van der Waals surface area contributed by atoms with E-state index in [1.54, 1.807) is 0 Å². The van der Waals surface area contributed by atoms with Crippen LogP contribution in [0, 0.1) is 5.92 Å². The van der Waals surface area contributed by atoms with Crippen molar-refractivity contribution in [1.29, 1.82) is 0 Å². The molecule has 2 N–H and O–H groups in total. The maximum Gasteiger partial charge on any atom is 0.339 e. The summed E-state index contributed by atoms with van der Waals surface area (Å²) in [5, 5.41) is 12.4. The van der Waals surface area contributed by atoms with Crippen LogP contribution in [0.2, 0.25) is 0 Å². The monoisotopic (exact) mass is 253 g/mol. The van der Waals surface area contributed by atoms with Crippen LogP contribution < -0.4 is 5.32 Å². The lowest BCUT2D eigenvalue weighted by Gasteiger charge is -2.17. The van der Waals surface area contributed by atoms with E-state index in [0.29, 0.717) is 16.5 Å². The van der Waals surface area contributed by atoms with E-state index >= 15 is 0 Å². The molecule has 92 valence electrons. The zero-order valence-electron chi connectivity index (χ0n) is 9.87. The minimum absolute atomic E-state index is 0.223. The van der Waals surface area contributed by atoms with Crippen molar-refractivity contribution < 1.29 is 14.7 Å². The normalized spacial score (nSPS) is 18.6. The van der Waals surface area contributed by atoms with Gasteiger partial charge in [-0.2, -0.15) is 0 Å². The number of carboxylic acid groups (broad SMARTS) is 1. The third kappa shape index (κ3) is 2.34. The van der Waals surface area contributed by atoms with Gasteiger partial charge in [0.05, 0.1) is 5.56 Å². The number of hydrogen-bond acceptors (Lipinski definition) is 3. The zero-order valence-corrected chi connectivity index (χ0v) is 10.7. The molecule has 0 fully saturated rings. The van der Waals surface area contributed by atoms with E-state index in [1.807, 2.05) is 0 Å². The van der Waals surface area contributed by atoms with Crippen molar-refractivity contribution in [2.24, 2.45) is 5.92 Å². The minimum atomic E-state index is -0.944. The Morgan fingerprint density at radius 1 is 1.47 bits per heavy atom. The van der Waals surface area contributed by atoms with Crippen molar-refractivity contribution >= 4 is 28.2 Å². The summed E-state index contributed by atoms with van der Waals surface area (Å²) >= 11 is 1.41. The molecule has 0 bridgehead atoms. The summed E-state index contributed by atoms with van der Waals surface area (Å²) in [5.74, 6) is -0.576. The van der Waals surface area contributed by atoms with E-state index < -0.39 is 5.97 Å². The highest BCUT2D eigenvalue weighted by molar-refractivity contribution is 7.17. The van der Waals surface area contributed by atoms with Gasteiger partial charge in [0.1, 0.15) is 5.00 Å². The number of fused-ring (bicyclic) bond motifs is 1. The number of hydrogen-bond donors (Lipinski definition) is 2. The first kappa shape index (κ1) is 12.1. The first-order chi connectivity index (χ1) is 7.99. The summed E-state index contributed by atoms with van der Waals surface area (Å²) in [7, 11) is 0. The molecule has 1 aliphatic carbocycles. The third-order valence-electron chi connectivity index (χ3n) is 3.02. The van der Waals surface area contributed by atoms with Crippen molar-refractivity contribution in [2.75, 3.05) is 5.32 Å². The van der Waals surface area contributed by atoms with Crippen LogP contribution in [0.5, 0.6) is 0 Å².